The van der Waals surface area contributed by atoms with E-state index in [9.17, 15) is 9.90 Å². The van der Waals surface area contributed by atoms with Crippen LogP contribution in [-0.2, 0) is 11.2 Å². The first-order valence-corrected chi connectivity index (χ1v) is 6.99. The smallest absolute Gasteiger partial charge is 0.407 e. The first-order valence-electron chi connectivity index (χ1n) is 6.61. The van der Waals surface area contributed by atoms with Crippen LogP contribution >= 0.6 is 11.6 Å². The number of rotatable bonds is 4. The maximum absolute atomic E-state index is 11.5. The molecule has 4 nitrogen and oxygen atoms in total. The molecule has 0 aliphatic carbocycles. The van der Waals surface area contributed by atoms with Gasteiger partial charge in [-0.3, -0.25) is 0 Å². The fourth-order valence-corrected chi connectivity index (χ4v) is 1.93. The van der Waals surface area contributed by atoms with Gasteiger partial charge in [-0.25, -0.2) is 4.79 Å². The zero-order chi connectivity index (χ0) is 15.3. The standard InChI is InChI=1S/C15H22ClNO3/c1-10(9-17-14(19)20-15(2,3)4)7-11-8-12(16)5-6-13(11)18/h5-6,8,10,18H,7,9H2,1-4H3,(H,17,19). The van der Waals surface area contributed by atoms with Crippen molar-refractivity contribution in [2.24, 2.45) is 5.92 Å². The summed E-state index contributed by atoms with van der Waals surface area (Å²) in [5, 5.41) is 13.0. The second-order valence-corrected chi connectivity index (χ2v) is 6.40. The zero-order valence-corrected chi connectivity index (χ0v) is 13.1. The minimum atomic E-state index is -0.501. The number of benzene rings is 1. The number of ether oxygens (including phenoxy) is 1. The summed E-state index contributed by atoms with van der Waals surface area (Å²) in [4.78, 5) is 11.5. The molecule has 0 aliphatic rings. The van der Waals surface area contributed by atoms with Crippen LogP contribution in [-0.4, -0.2) is 23.3 Å². The maximum Gasteiger partial charge on any atom is 0.407 e. The maximum atomic E-state index is 11.5. The number of hydrogen-bond donors (Lipinski definition) is 2. The molecule has 0 radical (unpaired) electrons. The number of phenolic OH excluding ortho intramolecular Hbond substituents is 1. The van der Waals surface area contributed by atoms with Gasteiger partial charge in [0, 0.05) is 11.6 Å². The van der Waals surface area contributed by atoms with Crippen molar-refractivity contribution in [3.05, 3.63) is 28.8 Å². The lowest BCUT2D eigenvalue weighted by Gasteiger charge is -2.21. The number of alkyl carbamates (subject to hydrolysis) is 1. The van der Waals surface area contributed by atoms with Gasteiger partial charge in [-0.1, -0.05) is 18.5 Å². The Morgan fingerprint density at radius 1 is 1.45 bits per heavy atom. The third kappa shape index (κ3) is 6.15. The molecule has 0 aliphatic heterocycles. The van der Waals surface area contributed by atoms with Gasteiger partial charge in [0.25, 0.3) is 0 Å². The highest BCUT2D eigenvalue weighted by molar-refractivity contribution is 6.30. The number of nitrogens with one attached hydrogen (secondary N) is 1. The molecule has 0 saturated heterocycles. The molecule has 112 valence electrons. The largest absolute Gasteiger partial charge is 0.508 e. The summed E-state index contributed by atoms with van der Waals surface area (Å²) in [6.45, 7) is 7.92. The molecule has 1 unspecified atom stereocenters. The van der Waals surface area contributed by atoms with Gasteiger partial charge in [0.1, 0.15) is 11.4 Å². The minimum absolute atomic E-state index is 0.159. The molecule has 1 amide bonds. The minimum Gasteiger partial charge on any atom is -0.508 e. The second kappa shape index (κ2) is 6.84. The molecule has 1 aromatic rings. The molecule has 5 heteroatoms. The van der Waals surface area contributed by atoms with E-state index in [0.29, 0.717) is 18.0 Å². The second-order valence-electron chi connectivity index (χ2n) is 5.97. The van der Waals surface area contributed by atoms with Gasteiger partial charge in [-0.2, -0.15) is 0 Å². The molecular formula is C15H22ClNO3. The fourth-order valence-electron chi connectivity index (χ4n) is 1.74. The predicted molar refractivity (Wildman–Crippen MR) is 80.2 cm³/mol. The summed E-state index contributed by atoms with van der Waals surface area (Å²) in [5.74, 6) is 0.380. The molecule has 0 aromatic heterocycles. The number of amides is 1. The average Bonchev–Trinajstić information content (AvgIpc) is 2.29. The quantitative estimate of drug-likeness (QED) is 0.890. The Morgan fingerprint density at radius 2 is 2.10 bits per heavy atom. The molecule has 20 heavy (non-hydrogen) atoms. The van der Waals surface area contributed by atoms with E-state index < -0.39 is 11.7 Å². The van der Waals surface area contributed by atoms with Gasteiger partial charge in [0.05, 0.1) is 0 Å². The molecule has 0 saturated carbocycles. The van der Waals surface area contributed by atoms with Gasteiger partial charge < -0.3 is 15.2 Å². The van der Waals surface area contributed by atoms with Crippen LogP contribution in [0, 0.1) is 5.92 Å². The fraction of sp³-hybridized carbons (Fsp3) is 0.533. The van der Waals surface area contributed by atoms with Gasteiger partial charge >= 0.3 is 6.09 Å². The van der Waals surface area contributed by atoms with E-state index in [1.807, 2.05) is 27.7 Å². The molecular weight excluding hydrogens is 278 g/mol. The SMILES string of the molecule is CC(CNC(=O)OC(C)(C)C)Cc1cc(Cl)ccc1O. The average molecular weight is 300 g/mol. The molecule has 0 bridgehead atoms. The van der Waals surface area contributed by atoms with Crippen molar-refractivity contribution in [2.75, 3.05) is 6.54 Å². The van der Waals surface area contributed by atoms with Crippen molar-refractivity contribution in [3.8, 4) is 5.75 Å². The third-order valence-electron chi connectivity index (χ3n) is 2.60. The van der Waals surface area contributed by atoms with Crippen molar-refractivity contribution >= 4 is 17.7 Å². The number of hydrogen-bond acceptors (Lipinski definition) is 3. The van der Waals surface area contributed by atoms with Crippen molar-refractivity contribution < 1.29 is 14.6 Å². The van der Waals surface area contributed by atoms with Crippen molar-refractivity contribution in [3.63, 3.8) is 0 Å². The van der Waals surface area contributed by atoms with Crippen LogP contribution in [0.3, 0.4) is 0 Å². The van der Waals surface area contributed by atoms with Gasteiger partial charge in [0.2, 0.25) is 0 Å². The first kappa shape index (κ1) is 16.6. The van der Waals surface area contributed by atoms with Crippen LogP contribution in [0.4, 0.5) is 4.79 Å². The number of carbonyl (C=O) groups is 1. The van der Waals surface area contributed by atoms with Crippen molar-refractivity contribution in [1.82, 2.24) is 5.32 Å². The van der Waals surface area contributed by atoms with Gasteiger partial charge in [-0.15, -0.1) is 0 Å². The lowest BCUT2D eigenvalue weighted by molar-refractivity contribution is 0.0520. The van der Waals surface area contributed by atoms with E-state index in [-0.39, 0.29) is 11.7 Å². The normalized spacial score (nSPS) is 12.8. The van der Waals surface area contributed by atoms with E-state index in [1.165, 1.54) is 0 Å². The number of carbonyl (C=O) groups excluding carboxylic acids is 1. The molecule has 0 heterocycles. The summed E-state index contributed by atoms with van der Waals surface area (Å²) in [6, 6.07) is 4.95. The molecule has 2 N–H and O–H groups in total. The predicted octanol–water partition coefficient (Wildman–Crippen LogP) is 3.75. The highest BCUT2D eigenvalue weighted by Gasteiger charge is 2.16. The number of phenols is 1. The monoisotopic (exact) mass is 299 g/mol. The molecule has 1 atom stereocenters. The van der Waals surface area contributed by atoms with Crippen LogP contribution < -0.4 is 5.32 Å². The van der Waals surface area contributed by atoms with Gasteiger partial charge in [0.15, 0.2) is 0 Å². The van der Waals surface area contributed by atoms with E-state index in [0.717, 1.165) is 5.56 Å². The summed E-state index contributed by atoms with van der Waals surface area (Å²) >= 11 is 5.90. The summed E-state index contributed by atoms with van der Waals surface area (Å²) < 4.78 is 5.16. The lowest BCUT2D eigenvalue weighted by atomic mass is 10.0. The number of aromatic hydroxyl groups is 1. The Balaban J connectivity index is 2.46. The van der Waals surface area contributed by atoms with Crippen LogP contribution in [0.15, 0.2) is 18.2 Å². The molecule has 0 spiro atoms. The highest BCUT2D eigenvalue weighted by atomic mass is 35.5. The van der Waals surface area contributed by atoms with Gasteiger partial charge in [-0.05, 0) is 56.9 Å². The number of halogens is 1. The molecule has 0 fully saturated rings. The molecule has 1 aromatic carbocycles. The van der Waals surface area contributed by atoms with Crippen molar-refractivity contribution in [1.29, 1.82) is 0 Å². The lowest BCUT2D eigenvalue weighted by Crippen LogP contribution is -2.35. The zero-order valence-electron chi connectivity index (χ0n) is 12.4. The topological polar surface area (TPSA) is 58.6 Å². The van der Waals surface area contributed by atoms with Crippen LogP contribution in [0.1, 0.15) is 33.3 Å². The van der Waals surface area contributed by atoms with E-state index in [1.54, 1.807) is 18.2 Å². The Kier molecular flexibility index (Phi) is 5.69. The summed E-state index contributed by atoms with van der Waals surface area (Å²) in [7, 11) is 0. The Labute approximate surface area is 125 Å². The third-order valence-corrected chi connectivity index (χ3v) is 2.84. The Hall–Kier alpha value is -1.42. The van der Waals surface area contributed by atoms with E-state index >= 15 is 0 Å². The van der Waals surface area contributed by atoms with Crippen LogP contribution in [0.2, 0.25) is 5.02 Å². The summed E-state index contributed by atoms with van der Waals surface area (Å²) in [5.41, 5.74) is 0.273. The van der Waals surface area contributed by atoms with E-state index in [2.05, 4.69) is 5.32 Å². The molecule has 1 rings (SSSR count). The van der Waals surface area contributed by atoms with Crippen LogP contribution in [0.25, 0.3) is 0 Å². The Morgan fingerprint density at radius 3 is 2.70 bits per heavy atom. The Bertz CT molecular complexity index is 469. The van der Waals surface area contributed by atoms with Crippen molar-refractivity contribution in [2.45, 2.75) is 39.7 Å². The highest BCUT2D eigenvalue weighted by Crippen LogP contribution is 2.24. The summed E-state index contributed by atoms with van der Waals surface area (Å²) in [6.07, 6.45) is 0.196. The van der Waals surface area contributed by atoms with Crippen LogP contribution in [0.5, 0.6) is 5.75 Å². The first-order chi connectivity index (χ1) is 9.17. The van der Waals surface area contributed by atoms with E-state index in [4.69, 9.17) is 16.3 Å².